The molecule has 3 rings (SSSR count). The summed E-state index contributed by atoms with van der Waals surface area (Å²) in [5, 5.41) is 8.13. The van der Waals surface area contributed by atoms with Crippen LogP contribution in [0, 0.1) is 20.8 Å². The van der Waals surface area contributed by atoms with E-state index in [1.54, 1.807) is 26.0 Å². The average molecular weight is 340 g/mol. The maximum absolute atomic E-state index is 12.2. The molecule has 0 spiro atoms. The molecular formula is C18H20N4O3. The van der Waals surface area contributed by atoms with Crippen LogP contribution in [0.4, 0.5) is 0 Å². The highest BCUT2D eigenvalue weighted by Gasteiger charge is 2.18. The van der Waals surface area contributed by atoms with Crippen molar-refractivity contribution in [3.05, 3.63) is 64.6 Å². The maximum atomic E-state index is 12.2. The van der Waals surface area contributed by atoms with E-state index in [9.17, 15) is 4.79 Å². The Morgan fingerprint density at radius 1 is 1.24 bits per heavy atom. The second-order valence-electron chi connectivity index (χ2n) is 6.01. The number of aromatic nitrogens is 4. The van der Waals surface area contributed by atoms with Gasteiger partial charge in [-0.05, 0) is 51.5 Å². The van der Waals surface area contributed by atoms with Gasteiger partial charge in [-0.2, -0.15) is 10.1 Å². The minimum atomic E-state index is -0.594. The predicted octanol–water partition coefficient (Wildman–Crippen LogP) is 3.16. The second-order valence-corrected chi connectivity index (χ2v) is 6.01. The Kier molecular flexibility index (Phi) is 4.65. The van der Waals surface area contributed by atoms with Gasteiger partial charge in [-0.3, -0.25) is 4.68 Å². The van der Waals surface area contributed by atoms with Gasteiger partial charge in [0.2, 0.25) is 0 Å². The SMILES string of the molecule is Cc1cc(C)n(Cc2ccc(C(=O)OC(C)c3nc(C)no3)cc2)n1. The van der Waals surface area contributed by atoms with E-state index in [1.165, 1.54) is 0 Å². The van der Waals surface area contributed by atoms with Crippen molar-refractivity contribution in [1.29, 1.82) is 0 Å². The second kappa shape index (κ2) is 6.88. The van der Waals surface area contributed by atoms with E-state index in [2.05, 4.69) is 15.2 Å². The van der Waals surface area contributed by atoms with Crippen LogP contribution >= 0.6 is 0 Å². The molecule has 1 unspecified atom stereocenters. The lowest BCUT2D eigenvalue weighted by atomic mass is 10.1. The third-order valence-corrected chi connectivity index (χ3v) is 3.80. The zero-order valence-electron chi connectivity index (χ0n) is 14.7. The van der Waals surface area contributed by atoms with Gasteiger partial charge in [-0.25, -0.2) is 4.79 Å². The molecule has 0 radical (unpaired) electrons. The van der Waals surface area contributed by atoms with Gasteiger partial charge in [0.05, 0.1) is 17.8 Å². The van der Waals surface area contributed by atoms with Gasteiger partial charge < -0.3 is 9.26 Å². The predicted molar refractivity (Wildman–Crippen MR) is 90.1 cm³/mol. The van der Waals surface area contributed by atoms with E-state index in [0.717, 1.165) is 17.0 Å². The summed E-state index contributed by atoms with van der Waals surface area (Å²) in [6.07, 6.45) is -0.594. The van der Waals surface area contributed by atoms with E-state index in [1.807, 2.05) is 36.7 Å². The molecule has 3 aromatic rings. The number of benzene rings is 1. The number of carbonyl (C=O) groups is 1. The van der Waals surface area contributed by atoms with Gasteiger partial charge >= 0.3 is 5.97 Å². The zero-order chi connectivity index (χ0) is 18.0. The summed E-state index contributed by atoms with van der Waals surface area (Å²) in [6, 6.07) is 9.32. The summed E-state index contributed by atoms with van der Waals surface area (Å²) in [4.78, 5) is 16.3. The summed E-state index contributed by atoms with van der Waals surface area (Å²) in [6.45, 7) is 8.05. The average Bonchev–Trinajstić information content (AvgIpc) is 3.13. The summed E-state index contributed by atoms with van der Waals surface area (Å²) >= 11 is 0. The van der Waals surface area contributed by atoms with Crippen molar-refractivity contribution in [2.75, 3.05) is 0 Å². The fourth-order valence-corrected chi connectivity index (χ4v) is 2.51. The van der Waals surface area contributed by atoms with Crippen LogP contribution in [0.25, 0.3) is 0 Å². The summed E-state index contributed by atoms with van der Waals surface area (Å²) in [5.41, 5.74) is 3.62. The maximum Gasteiger partial charge on any atom is 0.338 e. The molecule has 0 aliphatic carbocycles. The van der Waals surface area contributed by atoms with Gasteiger partial charge in [0.1, 0.15) is 0 Å². The molecule has 7 nitrogen and oxygen atoms in total. The molecule has 7 heteroatoms. The highest BCUT2D eigenvalue weighted by Crippen LogP contribution is 2.17. The number of nitrogens with zero attached hydrogens (tertiary/aromatic N) is 4. The van der Waals surface area contributed by atoms with Crippen LogP contribution < -0.4 is 0 Å². The Hall–Kier alpha value is -2.96. The first-order chi connectivity index (χ1) is 11.9. The van der Waals surface area contributed by atoms with Crippen LogP contribution in [0.5, 0.6) is 0 Å². The third-order valence-electron chi connectivity index (χ3n) is 3.80. The molecule has 0 saturated heterocycles. The first kappa shape index (κ1) is 16.9. The first-order valence-electron chi connectivity index (χ1n) is 8.03. The Balaban J connectivity index is 1.65. The number of hydrogen-bond donors (Lipinski definition) is 0. The largest absolute Gasteiger partial charge is 0.449 e. The summed E-state index contributed by atoms with van der Waals surface area (Å²) < 4.78 is 12.3. The van der Waals surface area contributed by atoms with E-state index in [0.29, 0.717) is 17.9 Å². The minimum Gasteiger partial charge on any atom is -0.449 e. The molecule has 0 saturated carbocycles. The van der Waals surface area contributed by atoms with Crippen molar-refractivity contribution in [1.82, 2.24) is 19.9 Å². The number of ether oxygens (including phenoxy) is 1. The van der Waals surface area contributed by atoms with Crippen molar-refractivity contribution in [3.63, 3.8) is 0 Å². The van der Waals surface area contributed by atoms with Crippen LogP contribution in [0.2, 0.25) is 0 Å². The smallest absolute Gasteiger partial charge is 0.338 e. The van der Waals surface area contributed by atoms with E-state index < -0.39 is 12.1 Å². The fourth-order valence-electron chi connectivity index (χ4n) is 2.51. The first-order valence-corrected chi connectivity index (χ1v) is 8.03. The van der Waals surface area contributed by atoms with Crippen molar-refractivity contribution in [2.45, 2.75) is 40.3 Å². The molecule has 130 valence electrons. The number of rotatable bonds is 5. The van der Waals surface area contributed by atoms with E-state index >= 15 is 0 Å². The molecule has 0 N–H and O–H groups in total. The van der Waals surface area contributed by atoms with Crippen LogP contribution in [0.3, 0.4) is 0 Å². The molecular weight excluding hydrogens is 320 g/mol. The molecule has 25 heavy (non-hydrogen) atoms. The number of hydrogen-bond acceptors (Lipinski definition) is 6. The summed E-state index contributed by atoms with van der Waals surface area (Å²) in [5.74, 6) is 0.361. The van der Waals surface area contributed by atoms with Crippen molar-refractivity contribution >= 4 is 5.97 Å². The van der Waals surface area contributed by atoms with Crippen LogP contribution in [-0.4, -0.2) is 25.9 Å². The van der Waals surface area contributed by atoms with Crippen LogP contribution in [0.1, 0.15) is 52.1 Å². The summed E-state index contributed by atoms with van der Waals surface area (Å²) in [7, 11) is 0. The van der Waals surface area contributed by atoms with Gasteiger partial charge in [0.15, 0.2) is 11.9 Å². The van der Waals surface area contributed by atoms with Crippen LogP contribution in [-0.2, 0) is 11.3 Å². The highest BCUT2D eigenvalue weighted by atomic mass is 16.6. The molecule has 0 amide bonds. The fraction of sp³-hybridized carbons (Fsp3) is 0.333. The molecule has 0 aliphatic heterocycles. The van der Waals surface area contributed by atoms with Crippen molar-refractivity contribution in [3.8, 4) is 0 Å². The van der Waals surface area contributed by atoms with E-state index in [4.69, 9.17) is 9.26 Å². The van der Waals surface area contributed by atoms with Crippen molar-refractivity contribution < 1.29 is 14.1 Å². The van der Waals surface area contributed by atoms with Crippen LogP contribution in [0.15, 0.2) is 34.9 Å². The minimum absolute atomic E-state index is 0.284. The quantitative estimate of drug-likeness (QED) is 0.664. The van der Waals surface area contributed by atoms with E-state index in [-0.39, 0.29) is 5.89 Å². The lowest BCUT2D eigenvalue weighted by molar-refractivity contribution is 0.0265. The lowest BCUT2D eigenvalue weighted by Crippen LogP contribution is -2.10. The molecule has 0 aliphatic rings. The van der Waals surface area contributed by atoms with Gasteiger partial charge in [0, 0.05) is 5.69 Å². The highest BCUT2D eigenvalue weighted by molar-refractivity contribution is 5.89. The Morgan fingerprint density at radius 2 is 1.96 bits per heavy atom. The Labute approximate surface area is 145 Å². The lowest BCUT2D eigenvalue weighted by Gasteiger charge is -2.10. The Morgan fingerprint density at radius 3 is 2.52 bits per heavy atom. The number of carbonyl (C=O) groups excluding carboxylic acids is 1. The molecule has 1 aromatic carbocycles. The Bertz CT molecular complexity index is 880. The number of aryl methyl sites for hydroxylation is 3. The molecule has 1 atom stereocenters. The van der Waals surface area contributed by atoms with Crippen molar-refractivity contribution in [2.24, 2.45) is 0 Å². The standard InChI is InChI=1S/C18H20N4O3/c1-11-9-12(2)22(20-11)10-15-5-7-16(8-6-15)18(23)24-13(3)17-19-14(4)21-25-17/h5-9,13H,10H2,1-4H3. The van der Waals surface area contributed by atoms with Gasteiger partial charge in [0.25, 0.3) is 5.89 Å². The topological polar surface area (TPSA) is 83.0 Å². The van der Waals surface area contributed by atoms with Gasteiger partial charge in [-0.15, -0.1) is 0 Å². The molecule has 2 aromatic heterocycles. The monoisotopic (exact) mass is 340 g/mol. The molecule has 0 bridgehead atoms. The zero-order valence-corrected chi connectivity index (χ0v) is 14.7. The normalized spacial score (nSPS) is 12.2. The van der Waals surface area contributed by atoms with Gasteiger partial charge in [-0.1, -0.05) is 17.3 Å². The molecule has 2 heterocycles. The number of esters is 1. The molecule has 0 fully saturated rings. The third kappa shape index (κ3) is 3.93.